The normalized spacial score (nSPS) is 16.1. The van der Waals surface area contributed by atoms with Crippen molar-refractivity contribution in [1.29, 1.82) is 0 Å². The predicted octanol–water partition coefficient (Wildman–Crippen LogP) is 3.47. The SMILES string of the molecule is CC(C)c1ccc(S(=O)(=O)N2CCC(C(=O)NCCCc3nc(C(C)C)no3)CC2)cc1. The molecule has 8 nitrogen and oxygen atoms in total. The highest BCUT2D eigenvalue weighted by molar-refractivity contribution is 7.89. The minimum atomic E-state index is -3.53. The Balaban J connectivity index is 1.43. The zero-order valence-corrected chi connectivity index (χ0v) is 20.2. The Kier molecular flexibility index (Phi) is 8.05. The van der Waals surface area contributed by atoms with Gasteiger partial charge < -0.3 is 9.84 Å². The van der Waals surface area contributed by atoms with Crippen molar-refractivity contribution >= 4 is 15.9 Å². The van der Waals surface area contributed by atoms with Crippen molar-refractivity contribution in [1.82, 2.24) is 19.8 Å². The smallest absolute Gasteiger partial charge is 0.243 e. The van der Waals surface area contributed by atoms with Crippen LogP contribution >= 0.6 is 0 Å². The zero-order chi connectivity index (χ0) is 23.3. The summed E-state index contributed by atoms with van der Waals surface area (Å²) in [5.41, 5.74) is 1.11. The van der Waals surface area contributed by atoms with Crippen molar-refractivity contribution in [2.75, 3.05) is 19.6 Å². The van der Waals surface area contributed by atoms with Crippen LogP contribution in [-0.4, -0.2) is 48.4 Å². The molecule has 1 aliphatic rings. The number of rotatable bonds is 9. The Morgan fingerprint density at radius 2 is 1.78 bits per heavy atom. The van der Waals surface area contributed by atoms with Crippen LogP contribution in [0.1, 0.15) is 76.1 Å². The third-order valence-corrected chi connectivity index (χ3v) is 7.79. The number of sulfonamides is 1. The minimum absolute atomic E-state index is 0.0169. The molecular weight excluding hydrogens is 428 g/mol. The van der Waals surface area contributed by atoms with Gasteiger partial charge in [0.15, 0.2) is 5.82 Å². The van der Waals surface area contributed by atoms with E-state index in [1.807, 2.05) is 26.0 Å². The molecule has 1 aliphatic heterocycles. The minimum Gasteiger partial charge on any atom is -0.356 e. The Morgan fingerprint density at radius 3 is 2.34 bits per heavy atom. The van der Waals surface area contributed by atoms with Crippen LogP contribution in [0.15, 0.2) is 33.7 Å². The van der Waals surface area contributed by atoms with E-state index in [0.29, 0.717) is 67.8 Å². The summed E-state index contributed by atoms with van der Waals surface area (Å²) >= 11 is 0. The first-order valence-electron chi connectivity index (χ1n) is 11.4. The van der Waals surface area contributed by atoms with Crippen LogP contribution in [0.5, 0.6) is 0 Å². The fraction of sp³-hybridized carbons (Fsp3) is 0.609. The van der Waals surface area contributed by atoms with E-state index in [4.69, 9.17) is 4.52 Å². The number of nitrogens with zero attached hydrogens (tertiary/aromatic N) is 3. The van der Waals surface area contributed by atoms with Crippen molar-refractivity contribution in [3.8, 4) is 0 Å². The Bertz CT molecular complexity index is 991. The quantitative estimate of drug-likeness (QED) is 0.572. The first kappa shape index (κ1) is 24.4. The maximum atomic E-state index is 12.9. The molecule has 0 saturated carbocycles. The largest absolute Gasteiger partial charge is 0.356 e. The van der Waals surface area contributed by atoms with Crippen LogP contribution in [-0.2, 0) is 21.2 Å². The summed E-state index contributed by atoms with van der Waals surface area (Å²) in [5, 5.41) is 6.89. The third-order valence-electron chi connectivity index (χ3n) is 5.88. The number of carbonyl (C=O) groups excluding carboxylic acids is 1. The number of piperidine rings is 1. The van der Waals surface area contributed by atoms with Gasteiger partial charge in [0.25, 0.3) is 0 Å². The van der Waals surface area contributed by atoms with Gasteiger partial charge in [0, 0.05) is 37.9 Å². The zero-order valence-electron chi connectivity index (χ0n) is 19.4. The van der Waals surface area contributed by atoms with Crippen molar-refractivity contribution in [3.63, 3.8) is 0 Å². The summed E-state index contributed by atoms with van der Waals surface area (Å²) in [5.74, 6) is 1.67. The van der Waals surface area contributed by atoms with Gasteiger partial charge in [-0.15, -0.1) is 0 Å². The van der Waals surface area contributed by atoms with E-state index in [-0.39, 0.29) is 17.7 Å². The molecule has 0 unspecified atom stereocenters. The maximum Gasteiger partial charge on any atom is 0.243 e. The molecule has 2 aromatic rings. The first-order valence-corrected chi connectivity index (χ1v) is 12.8. The molecule has 0 spiro atoms. The Hall–Kier alpha value is -2.26. The molecule has 1 N–H and O–H groups in total. The Labute approximate surface area is 190 Å². The van der Waals surface area contributed by atoms with Crippen molar-refractivity contribution < 1.29 is 17.7 Å². The fourth-order valence-corrected chi connectivity index (χ4v) is 5.20. The van der Waals surface area contributed by atoms with Crippen molar-refractivity contribution in [2.24, 2.45) is 5.92 Å². The molecular formula is C23H34N4O4S. The van der Waals surface area contributed by atoms with Crippen LogP contribution in [0.25, 0.3) is 0 Å². The van der Waals surface area contributed by atoms with E-state index in [9.17, 15) is 13.2 Å². The third kappa shape index (κ3) is 5.95. The highest BCUT2D eigenvalue weighted by Gasteiger charge is 2.32. The molecule has 0 radical (unpaired) electrons. The molecule has 1 fully saturated rings. The van der Waals surface area contributed by atoms with Crippen LogP contribution in [0, 0.1) is 5.92 Å². The number of nitrogens with one attached hydrogen (secondary N) is 1. The van der Waals surface area contributed by atoms with E-state index in [2.05, 4.69) is 29.3 Å². The molecule has 2 heterocycles. The predicted molar refractivity (Wildman–Crippen MR) is 122 cm³/mol. The summed E-state index contributed by atoms with van der Waals surface area (Å²) < 4.78 is 32.6. The molecule has 3 rings (SSSR count). The van der Waals surface area contributed by atoms with E-state index < -0.39 is 10.0 Å². The number of carbonyl (C=O) groups is 1. The average Bonchev–Trinajstić information content (AvgIpc) is 3.26. The molecule has 0 aliphatic carbocycles. The molecule has 32 heavy (non-hydrogen) atoms. The van der Waals surface area contributed by atoms with E-state index in [1.165, 1.54) is 4.31 Å². The summed E-state index contributed by atoms with van der Waals surface area (Å²) in [6.07, 6.45) is 2.38. The molecule has 0 atom stereocenters. The van der Waals surface area contributed by atoms with Gasteiger partial charge in [-0.1, -0.05) is 45.0 Å². The van der Waals surface area contributed by atoms with Crippen LogP contribution in [0.2, 0.25) is 0 Å². The molecule has 1 amide bonds. The van der Waals surface area contributed by atoms with Gasteiger partial charge in [0.2, 0.25) is 21.8 Å². The second kappa shape index (κ2) is 10.6. The number of hydrogen-bond donors (Lipinski definition) is 1. The molecule has 1 aromatic carbocycles. The summed E-state index contributed by atoms with van der Waals surface area (Å²) in [4.78, 5) is 17.1. The van der Waals surface area contributed by atoms with E-state index in [1.54, 1.807) is 12.1 Å². The highest BCUT2D eigenvalue weighted by atomic mass is 32.2. The second-order valence-electron chi connectivity index (χ2n) is 9.00. The van der Waals surface area contributed by atoms with Gasteiger partial charge in [-0.2, -0.15) is 9.29 Å². The lowest BCUT2D eigenvalue weighted by Crippen LogP contribution is -2.43. The van der Waals surface area contributed by atoms with Crippen LogP contribution in [0.4, 0.5) is 0 Å². The van der Waals surface area contributed by atoms with Gasteiger partial charge in [0.1, 0.15) is 0 Å². The first-order chi connectivity index (χ1) is 15.2. The topological polar surface area (TPSA) is 105 Å². The van der Waals surface area contributed by atoms with Crippen molar-refractivity contribution in [2.45, 2.75) is 70.1 Å². The molecule has 0 bridgehead atoms. The molecule has 1 aromatic heterocycles. The Morgan fingerprint density at radius 1 is 1.12 bits per heavy atom. The van der Waals surface area contributed by atoms with Gasteiger partial charge in [-0.25, -0.2) is 8.42 Å². The van der Waals surface area contributed by atoms with E-state index in [0.717, 1.165) is 5.56 Å². The second-order valence-corrected chi connectivity index (χ2v) is 10.9. The summed E-state index contributed by atoms with van der Waals surface area (Å²) in [6.45, 7) is 9.40. The lowest BCUT2D eigenvalue weighted by Gasteiger charge is -2.30. The summed E-state index contributed by atoms with van der Waals surface area (Å²) in [6, 6.07) is 7.10. The monoisotopic (exact) mass is 462 g/mol. The maximum absolute atomic E-state index is 12.9. The van der Waals surface area contributed by atoms with Gasteiger partial charge in [0.05, 0.1) is 4.90 Å². The molecule has 9 heteroatoms. The standard InChI is InChI=1S/C23H34N4O4S/c1-16(2)18-7-9-20(10-8-18)32(29,30)27-14-11-19(12-15-27)23(28)24-13-5-6-21-25-22(17(3)4)26-31-21/h7-10,16-17,19H,5-6,11-15H2,1-4H3,(H,24,28). The van der Waals surface area contributed by atoms with Gasteiger partial charge in [-0.3, -0.25) is 4.79 Å². The van der Waals surface area contributed by atoms with Crippen LogP contribution in [0.3, 0.4) is 0 Å². The number of aryl methyl sites for hydroxylation is 1. The summed E-state index contributed by atoms with van der Waals surface area (Å²) in [7, 11) is -3.53. The van der Waals surface area contributed by atoms with Crippen LogP contribution < -0.4 is 5.32 Å². The molecule has 1 saturated heterocycles. The fourth-order valence-electron chi connectivity index (χ4n) is 3.73. The average molecular weight is 463 g/mol. The number of amides is 1. The number of hydrogen-bond acceptors (Lipinski definition) is 6. The highest BCUT2D eigenvalue weighted by Crippen LogP contribution is 2.25. The lowest BCUT2D eigenvalue weighted by atomic mass is 9.97. The van der Waals surface area contributed by atoms with E-state index >= 15 is 0 Å². The van der Waals surface area contributed by atoms with Gasteiger partial charge in [-0.05, 0) is 42.9 Å². The number of aromatic nitrogens is 2. The van der Waals surface area contributed by atoms with Crippen molar-refractivity contribution in [3.05, 3.63) is 41.5 Å². The van der Waals surface area contributed by atoms with Gasteiger partial charge >= 0.3 is 0 Å². The lowest BCUT2D eigenvalue weighted by molar-refractivity contribution is -0.126. The number of benzene rings is 1. The molecule has 176 valence electrons.